The predicted molar refractivity (Wildman–Crippen MR) is 205 cm³/mol. The molecule has 1 atom stereocenters. The van der Waals surface area contributed by atoms with Gasteiger partial charge in [-0.05, 0) is 57.6 Å². The average Bonchev–Trinajstić information content (AvgIpc) is 3.02. The summed E-state index contributed by atoms with van der Waals surface area (Å²) < 4.78 is 0. The molecule has 0 heterocycles. The lowest BCUT2D eigenvalue weighted by atomic mass is 9.99. The quantitative estimate of drug-likeness (QED) is 0.0726. The third-order valence-corrected chi connectivity index (χ3v) is 10.5. The van der Waals surface area contributed by atoms with Gasteiger partial charge in [0.2, 0.25) is 0 Å². The van der Waals surface area contributed by atoms with E-state index in [4.69, 9.17) is 0 Å². The maximum Gasteiger partial charge on any atom is 0.103 e. The number of aryl methyl sites for hydroxylation is 3. The molecule has 1 aromatic rings. The highest BCUT2D eigenvalue weighted by molar-refractivity contribution is 5.36. The number of hydrogen-bond acceptors (Lipinski definition) is 0. The van der Waals surface area contributed by atoms with E-state index >= 15 is 0 Å². The molecule has 1 aromatic carbocycles. The van der Waals surface area contributed by atoms with Gasteiger partial charge in [-0.1, -0.05) is 198 Å². The van der Waals surface area contributed by atoms with Crippen molar-refractivity contribution in [1.29, 1.82) is 0 Å². The lowest BCUT2D eigenvalue weighted by Crippen LogP contribution is -3.10. The molecule has 1 nitrogen and oxygen atoms in total. The Morgan fingerprint density at radius 3 is 0.867 bits per heavy atom. The SMILES string of the molecule is CCCCCCCCCCCCCCCCCC[NH+](CCCCCCCCCCCCCCCC)Cc1c(C)cc(C)cc1C. The summed E-state index contributed by atoms with van der Waals surface area (Å²) in [6.45, 7) is 15.5. The number of benzene rings is 1. The van der Waals surface area contributed by atoms with Gasteiger partial charge in [-0.25, -0.2) is 0 Å². The van der Waals surface area contributed by atoms with Crippen LogP contribution in [0.5, 0.6) is 0 Å². The molecule has 1 heteroatoms. The zero-order chi connectivity index (χ0) is 32.6. The van der Waals surface area contributed by atoms with Crippen molar-refractivity contribution < 1.29 is 4.90 Å². The molecule has 0 aliphatic carbocycles. The zero-order valence-electron chi connectivity index (χ0n) is 32.0. The van der Waals surface area contributed by atoms with Crippen molar-refractivity contribution in [3.8, 4) is 0 Å². The van der Waals surface area contributed by atoms with Gasteiger partial charge in [0.25, 0.3) is 0 Å². The lowest BCUT2D eigenvalue weighted by molar-refractivity contribution is -0.914. The molecule has 1 rings (SSSR count). The van der Waals surface area contributed by atoms with E-state index in [1.165, 1.54) is 229 Å². The molecule has 0 amide bonds. The summed E-state index contributed by atoms with van der Waals surface area (Å²) in [5, 5.41) is 0. The normalized spacial score (nSPS) is 12.3. The van der Waals surface area contributed by atoms with E-state index in [9.17, 15) is 0 Å². The highest BCUT2D eigenvalue weighted by atomic mass is 15.1. The summed E-state index contributed by atoms with van der Waals surface area (Å²) in [7, 11) is 0. The third kappa shape index (κ3) is 25.9. The second-order valence-electron chi connectivity index (χ2n) is 15.2. The fourth-order valence-electron chi connectivity index (χ4n) is 7.53. The van der Waals surface area contributed by atoms with Crippen molar-refractivity contribution in [3.63, 3.8) is 0 Å². The van der Waals surface area contributed by atoms with E-state index in [-0.39, 0.29) is 0 Å². The first-order chi connectivity index (χ1) is 22.1. The van der Waals surface area contributed by atoms with Crippen molar-refractivity contribution in [1.82, 2.24) is 0 Å². The molecule has 45 heavy (non-hydrogen) atoms. The molecule has 0 spiro atoms. The molecule has 0 bridgehead atoms. The van der Waals surface area contributed by atoms with Crippen LogP contribution >= 0.6 is 0 Å². The first-order valence-electron chi connectivity index (χ1n) is 21.0. The van der Waals surface area contributed by atoms with Crippen LogP contribution < -0.4 is 4.90 Å². The van der Waals surface area contributed by atoms with Gasteiger partial charge < -0.3 is 4.90 Å². The zero-order valence-corrected chi connectivity index (χ0v) is 32.0. The highest BCUT2D eigenvalue weighted by Crippen LogP contribution is 2.17. The van der Waals surface area contributed by atoms with E-state index in [0.717, 1.165) is 0 Å². The monoisotopic (exact) mass is 627 g/mol. The first-order valence-corrected chi connectivity index (χ1v) is 21.0. The van der Waals surface area contributed by atoms with Crippen LogP contribution in [0.1, 0.15) is 229 Å². The molecule has 0 fully saturated rings. The molecule has 264 valence electrons. The second kappa shape index (κ2) is 31.8. The van der Waals surface area contributed by atoms with E-state index in [2.05, 4.69) is 46.8 Å². The summed E-state index contributed by atoms with van der Waals surface area (Å²) >= 11 is 0. The van der Waals surface area contributed by atoms with Crippen LogP contribution in [0.25, 0.3) is 0 Å². The van der Waals surface area contributed by atoms with Gasteiger partial charge in [-0.15, -0.1) is 0 Å². The van der Waals surface area contributed by atoms with Crippen LogP contribution in [0.3, 0.4) is 0 Å². The van der Waals surface area contributed by atoms with Gasteiger partial charge in [0.15, 0.2) is 0 Å². The minimum atomic E-state index is 1.23. The Labute approximate surface area is 285 Å². The van der Waals surface area contributed by atoms with Crippen LogP contribution in [-0.2, 0) is 6.54 Å². The Kier molecular flexibility index (Phi) is 29.8. The summed E-state index contributed by atoms with van der Waals surface area (Å²) in [4.78, 5) is 1.84. The van der Waals surface area contributed by atoms with Gasteiger partial charge in [0.1, 0.15) is 6.54 Å². The third-order valence-electron chi connectivity index (χ3n) is 10.5. The highest BCUT2D eigenvalue weighted by Gasteiger charge is 2.14. The molecule has 0 saturated heterocycles. The molecule has 0 saturated carbocycles. The van der Waals surface area contributed by atoms with Crippen LogP contribution in [0.4, 0.5) is 0 Å². The van der Waals surface area contributed by atoms with Gasteiger partial charge in [-0.2, -0.15) is 0 Å². The molecule has 0 aliphatic rings. The molecule has 0 aliphatic heterocycles. The largest absolute Gasteiger partial charge is 0.331 e. The molecule has 0 radical (unpaired) electrons. The summed E-state index contributed by atoms with van der Waals surface area (Å²) in [6, 6.07) is 4.81. The smallest absolute Gasteiger partial charge is 0.103 e. The molecular formula is C44H84N+. The van der Waals surface area contributed by atoms with Gasteiger partial charge in [0, 0.05) is 5.56 Å². The Hall–Kier alpha value is -0.820. The summed E-state index contributed by atoms with van der Waals surface area (Å²) in [5.74, 6) is 0. The summed E-state index contributed by atoms with van der Waals surface area (Å²) in [6.07, 6.45) is 43.6. The Balaban J connectivity index is 2.16. The maximum absolute atomic E-state index is 2.40. The molecular weight excluding hydrogens is 542 g/mol. The van der Waals surface area contributed by atoms with E-state index in [1.807, 2.05) is 4.90 Å². The Bertz CT molecular complexity index is 728. The average molecular weight is 627 g/mol. The number of unbranched alkanes of at least 4 members (excludes halogenated alkanes) is 28. The Morgan fingerprint density at radius 1 is 0.356 bits per heavy atom. The van der Waals surface area contributed by atoms with Crippen molar-refractivity contribution in [2.75, 3.05) is 13.1 Å². The second-order valence-corrected chi connectivity index (χ2v) is 15.2. The fraction of sp³-hybridized carbons (Fsp3) is 0.864. The molecule has 1 N–H and O–H groups in total. The topological polar surface area (TPSA) is 4.44 Å². The van der Waals surface area contributed by atoms with Crippen molar-refractivity contribution in [3.05, 3.63) is 34.4 Å². The number of rotatable bonds is 34. The minimum Gasteiger partial charge on any atom is -0.331 e. The molecule has 1 unspecified atom stereocenters. The van der Waals surface area contributed by atoms with Gasteiger partial charge in [0.05, 0.1) is 13.1 Å². The minimum absolute atomic E-state index is 1.23. The van der Waals surface area contributed by atoms with Crippen molar-refractivity contribution in [2.24, 2.45) is 0 Å². The van der Waals surface area contributed by atoms with Crippen LogP contribution in [0, 0.1) is 20.8 Å². The number of hydrogen-bond donors (Lipinski definition) is 1. The predicted octanol–water partition coefficient (Wildman–Crippen LogP) is 13.7. The van der Waals surface area contributed by atoms with Crippen molar-refractivity contribution in [2.45, 2.75) is 234 Å². The van der Waals surface area contributed by atoms with E-state index < -0.39 is 0 Å². The maximum atomic E-state index is 2.40. The number of quaternary nitrogens is 1. The van der Waals surface area contributed by atoms with Crippen LogP contribution in [-0.4, -0.2) is 13.1 Å². The van der Waals surface area contributed by atoms with E-state index in [1.54, 1.807) is 5.56 Å². The summed E-state index contributed by atoms with van der Waals surface area (Å²) in [5.41, 5.74) is 6.06. The van der Waals surface area contributed by atoms with Gasteiger partial charge in [-0.3, -0.25) is 0 Å². The number of nitrogens with one attached hydrogen (secondary N) is 1. The van der Waals surface area contributed by atoms with E-state index in [0.29, 0.717) is 0 Å². The standard InChI is InChI=1S/C44H83N/c1-6-8-10-12-14-16-18-20-22-23-25-27-29-31-33-35-37-45(40-44-42(4)38-41(3)39-43(44)5)36-34-32-30-28-26-24-21-19-17-15-13-11-9-7-2/h38-39H,6-37,40H2,1-5H3/p+1. The lowest BCUT2D eigenvalue weighted by Gasteiger charge is -2.22. The van der Waals surface area contributed by atoms with Crippen LogP contribution in [0.15, 0.2) is 12.1 Å². The fourth-order valence-corrected chi connectivity index (χ4v) is 7.53. The first kappa shape index (κ1) is 42.2. The van der Waals surface area contributed by atoms with Crippen molar-refractivity contribution >= 4 is 0 Å². The van der Waals surface area contributed by atoms with Crippen LogP contribution in [0.2, 0.25) is 0 Å². The Morgan fingerprint density at radius 2 is 0.600 bits per heavy atom. The van der Waals surface area contributed by atoms with Gasteiger partial charge >= 0.3 is 0 Å². The molecule has 0 aromatic heterocycles.